The molecule has 4 heterocycles. The first-order chi connectivity index (χ1) is 24.3. The zero-order chi connectivity index (χ0) is 36.0. The first-order valence-electron chi connectivity index (χ1n) is 18.1. The maximum Gasteiger partial charge on any atom is 0.303 e. The molecule has 5 aliphatic rings. The van der Waals surface area contributed by atoms with Crippen LogP contribution in [0.2, 0.25) is 0 Å². The molecule has 1 N–H and O–H groups in total. The van der Waals surface area contributed by atoms with Gasteiger partial charge in [0.05, 0.1) is 31.3 Å². The van der Waals surface area contributed by atoms with Crippen LogP contribution in [0.5, 0.6) is 5.75 Å². The van der Waals surface area contributed by atoms with Gasteiger partial charge in [-0.1, -0.05) is 25.3 Å². The van der Waals surface area contributed by atoms with Crippen molar-refractivity contribution in [3.8, 4) is 17.0 Å². The summed E-state index contributed by atoms with van der Waals surface area (Å²) in [7, 11) is 4.07. The number of rotatable bonds is 8. The van der Waals surface area contributed by atoms with Gasteiger partial charge >= 0.3 is 10.2 Å². The third kappa shape index (κ3) is 5.68. The Hall–Kier alpha value is -3.14. The number of hydrogen-bond donors (Lipinski definition) is 1. The topological polar surface area (TPSA) is 130 Å². The fourth-order valence-corrected chi connectivity index (χ4v) is 11.1. The normalized spacial score (nSPS) is 26.8. The minimum absolute atomic E-state index is 0.00331. The lowest BCUT2D eigenvalue weighted by Gasteiger charge is -2.42. The van der Waals surface area contributed by atoms with Crippen molar-refractivity contribution in [2.45, 2.75) is 81.8 Å². The van der Waals surface area contributed by atoms with Gasteiger partial charge in [0, 0.05) is 74.8 Å². The zero-order valence-electron chi connectivity index (χ0n) is 30.1. The summed E-state index contributed by atoms with van der Waals surface area (Å²) >= 11 is -1.25. The fourth-order valence-electron chi connectivity index (χ4n) is 9.50. The summed E-state index contributed by atoms with van der Waals surface area (Å²) in [5.41, 5.74) is 4.97. The lowest BCUT2D eigenvalue weighted by molar-refractivity contribution is -0.142. The van der Waals surface area contributed by atoms with Crippen LogP contribution < -0.4 is 9.46 Å². The fraction of sp³-hybridized carbons (Fsp3) is 0.568. The van der Waals surface area contributed by atoms with Gasteiger partial charge in [0.2, 0.25) is 5.91 Å². The smallest absolute Gasteiger partial charge is 0.303 e. The quantitative estimate of drug-likeness (QED) is 0.341. The molecule has 51 heavy (non-hydrogen) atoms. The maximum absolute atomic E-state index is 15.2. The molecule has 14 heteroatoms. The summed E-state index contributed by atoms with van der Waals surface area (Å²) in [5, 5.41) is 1.05. The first kappa shape index (κ1) is 34.9. The van der Waals surface area contributed by atoms with E-state index in [9.17, 15) is 17.8 Å². The average molecular weight is 737 g/mol. The molecule has 12 nitrogen and oxygen atoms in total. The van der Waals surface area contributed by atoms with Crippen LogP contribution in [0.1, 0.15) is 84.7 Å². The molecule has 2 bridgehead atoms. The maximum atomic E-state index is 15.2. The van der Waals surface area contributed by atoms with E-state index >= 15 is 4.79 Å². The number of carbonyl (C=O) groups is 2. The molecular weight excluding hydrogens is 689 g/mol. The van der Waals surface area contributed by atoms with Crippen molar-refractivity contribution >= 4 is 44.5 Å². The molecule has 5 atom stereocenters. The van der Waals surface area contributed by atoms with E-state index < -0.39 is 33.1 Å². The van der Waals surface area contributed by atoms with E-state index in [1.807, 2.05) is 36.6 Å². The summed E-state index contributed by atoms with van der Waals surface area (Å²) in [4.78, 5) is 30.8. The van der Waals surface area contributed by atoms with Gasteiger partial charge in [-0.05, 0) is 79.5 Å². The second kappa shape index (κ2) is 12.8. The van der Waals surface area contributed by atoms with Crippen LogP contribution in [-0.4, -0.2) is 108 Å². The van der Waals surface area contributed by atoms with E-state index in [4.69, 9.17) is 4.74 Å². The highest BCUT2D eigenvalue weighted by Crippen LogP contribution is 2.66. The van der Waals surface area contributed by atoms with Crippen LogP contribution in [0.25, 0.3) is 22.2 Å². The predicted octanol–water partition coefficient (Wildman–Crippen LogP) is 4.20. The number of fused-ring (bicyclic) bond motifs is 9. The molecule has 2 saturated heterocycles. The minimum Gasteiger partial charge on any atom is -0.578 e. The standard InChI is InChI=1S/C37H48N6O6S2/c1-39(2)50(46)41-20-25-12-13-26(21-41)43(25)36(45)37-19-31(37)30-18-27(49-5)14-16-28(30)34-33(23-9-7-6-8-10-23)29-15-11-24(17-32(29)42(34)22-37)35(44)38-51(47,48)40(3)4/h11,14-18,23,25-26,31H,6-10,12-13,19-22H2,1-5H3,(H,38,44)/t25-,26+,31-,37-,50?/m0/s1. The van der Waals surface area contributed by atoms with Crippen LogP contribution >= 0.6 is 0 Å². The Bertz CT molecular complexity index is 2000. The van der Waals surface area contributed by atoms with Gasteiger partial charge in [0.1, 0.15) is 17.3 Å². The highest BCUT2D eigenvalue weighted by Gasteiger charge is 2.66. The van der Waals surface area contributed by atoms with E-state index in [0.717, 1.165) is 76.3 Å². The summed E-state index contributed by atoms with van der Waals surface area (Å²) < 4.78 is 53.3. The largest absolute Gasteiger partial charge is 0.578 e. The summed E-state index contributed by atoms with van der Waals surface area (Å²) in [5.74, 6) is 0.535. The SMILES string of the molecule is COc1ccc2c(c1)[C@@H]1C[C@]1(C(=O)N1[C@@H]3CC[C@H]1CN([S+]([O-])N(C)C)C3)Cn1c-2c(C2CCCCC2)c2ccc(C(=O)NS(=O)(=O)N(C)C)cc21. The number of carbonyl (C=O) groups excluding carboxylic acids is 2. The molecule has 3 aliphatic heterocycles. The highest BCUT2D eigenvalue weighted by atomic mass is 32.2. The third-order valence-electron chi connectivity index (χ3n) is 12.1. The van der Waals surface area contributed by atoms with Crippen LogP contribution in [0, 0.1) is 5.41 Å². The Kier molecular flexibility index (Phi) is 8.74. The number of amides is 2. The molecule has 0 spiro atoms. The molecule has 2 saturated carbocycles. The molecule has 0 radical (unpaired) electrons. The van der Waals surface area contributed by atoms with Crippen molar-refractivity contribution in [3.05, 3.63) is 53.1 Å². The van der Waals surface area contributed by atoms with E-state index in [0.29, 0.717) is 32.0 Å². The summed E-state index contributed by atoms with van der Waals surface area (Å²) in [6, 6.07) is 11.8. The number of aromatic nitrogens is 1. The van der Waals surface area contributed by atoms with E-state index in [2.05, 4.69) is 26.3 Å². The number of ether oxygens (including phenoxy) is 1. The van der Waals surface area contributed by atoms with Gasteiger partial charge in [-0.2, -0.15) is 12.7 Å². The highest BCUT2D eigenvalue weighted by molar-refractivity contribution is 7.87. The van der Waals surface area contributed by atoms with Crippen molar-refractivity contribution in [3.63, 3.8) is 0 Å². The van der Waals surface area contributed by atoms with Crippen LogP contribution in [-0.2, 0) is 33.1 Å². The molecule has 274 valence electrons. The Morgan fingerprint density at radius 2 is 1.69 bits per heavy atom. The van der Waals surface area contributed by atoms with Crippen LogP contribution in [0.4, 0.5) is 0 Å². The summed E-state index contributed by atoms with van der Waals surface area (Å²) in [6.45, 7) is 1.61. The molecule has 1 unspecified atom stereocenters. The number of hydrogen-bond acceptors (Lipinski definition) is 8. The number of piperazine rings is 1. The third-order valence-corrected chi connectivity index (χ3v) is 14.9. The molecular formula is C37H48N6O6S2. The Balaban J connectivity index is 1.27. The Labute approximate surface area is 303 Å². The van der Waals surface area contributed by atoms with E-state index in [1.165, 1.54) is 26.1 Å². The van der Waals surface area contributed by atoms with Crippen molar-refractivity contribution in [1.82, 2.24) is 27.1 Å². The number of benzene rings is 2. The van der Waals surface area contributed by atoms with Gasteiger partial charge in [-0.25, -0.2) is 4.72 Å². The van der Waals surface area contributed by atoms with Crippen LogP contribution in [0.3, 0.4) is 0 Å². The summed E-state index contributed by atoms with van der Waals surface area (Å²) in [6.07, 6.45) is 8.11. The lowest BCUT2D eigenvalue weighted by Crippen LogP contribution is -2.60. The molecule has 8 rings (SSSR count). The molecule has 2 aliphatic carbocycles. The molecule has 3 aromatic rings. The van der Waals surface area contributed by atoms with E-state index in [1.54, 1.807) is 17.5 Å². The molecule has 2 aromatic carbocycles. The molecule has 4 fully saturated rings. The van der Waals surface area contributed by atoms with Crippen molar-refractivity contribution in [2.75, 3.05) is 48.4 Å². The predicted molar refractivity (Wildman–Crippen MR) is 197 cm³/mol. The van der Waals surface area contributed by atoms with Gasteiger partial charge in [0.15, 0.2) is 0 Å². The zero-order valence-corrected chi connectivity index (χ0v) is 31.7. The lowest BCUT2D eigenvalue weighted by atomic mass is 9.81. The van der Waals surface area contributed by atoms with Gasteiger partial charge in [0.25, 0.3) is 5.91 Å². The van der Waals surface area contributed by atoms with Gasteiger partial charge < -0.3 is 18.8 Å². The second-order valence-corrected chi connectivity index (χ2v) is 19.1. The second-order valence-electron chi connectivity index (χ2n) is 15.5. The minimum atomic E-state index is -4.00. The first-order valence-corrected chi connectivity index (χ1v) is 20.6. The van der Waals surface area contributed by atoms with Gasteiger partial charge in [-0.15, -0.1) is 8.61 Å². The molecule has 2 amide bonds. The number of nitrogens with zero attached hydrogens (tertiary/aromatic N) is 5. The molecule has 1 aromatic heterocycles. The van der Waals surface area contributed by atoms with Crippen molar-refractivity contribution < 1.29 is 27.3 Å². The Morgan fingerprint density at radius 3 is 2.33 bits per heavy atom. The number of methoxy groups -OCH3 is 1. The van der Waals surface area contributed by atoms with Crippen molar-refractivity contribution in [1.29, 1.82) is 0 Å². The van der Waals surface area contributed by atoms with Crippen LogP contribution in [0.15, 0.2) is 36.4 Å². The monoisotopic (exact) mass is 736 g/mol. The Morgan fingerprint density at radius 1 is 0.980 bits per heavy atom. The average Bonchev–Trinajstić information content (AvgIpc) is 3.71. The van der Waals surface area contributed by atoms with E-state index in [-0.39, 0.29) is 29.5 Å². The number of nitrogens with one attached hydrogen (secondary N) is 1. The van der Waals surface area contributed by atoms with Crippen molar-refractivity contribution in [2.24, 2.45) is 5.41 Å². The van der Waals surface area contributed by atoms with Gasteiger partial charge in [-0.3, -0.25) is 9.59 Å².